The van der Waals surface area contributed by atoms with Crippen molar-refractivity contribution in [2.75, 3.05) is 27.4 Å². The quantitative estimate of drug-likeness (QED) is 0.428. The number of methoxy groups -OCH3 is 2. The van der Waals surface area contributed by atoms with E-state index in [1.165, 1.54) is 33.5 Å². The predicted octanol–water partition coefficient (Wildman–Crippen LogP) is 2.16. The van der Waals surface area contributed by atoms with Crippen LogP contribution in [0, 0.1) is 0 Å². The topological polar surface area (TPSA) is 44.8 Å². The van der Waals surface area contributed by atoms with Crippen molar-refractivity contribution in [2.45, 2.75) is 45.1 Å². The van der Waals surface area contributed by atoms with Gasteiger partial charge in [-0.15, -0.1) is 0 Å². The normalized spacial score (nSPS) is 12.4. The molecule has 0 aromatic rings. The van der Waals surface area contributed by atoms with Crippen molar-refractivity contribution in [3.63, 3.8) is 0 Å². The first-order valence-corrected chi connectivity index (χ1v) is 5.94. The Hall–Kier alpha value is -0.610. The van der Waals surface area contributed by atoms with Gasteiger partial charge in [-0.25, -0.2) is 4.79 Å². The van der Waals surface area contributed by atoms with Gasteiger partial charge in [0, 0.05) is 14.2 Å². The number of hydrogen-bond donors (Lipinski definition) is 0. The Bertz CT molecular complexity index is 170. The SMILES string of the molecule is CCCCCCCOC(=O)[C@H](COC)OC. The molecule has 0 aliphatic rings. The lowest BCUT2D eigenvalue weighted by Gasteiger charge is -2.13. The van der Waals surface area contributed by atoms with Crippen molar-refractivity contribution in [3.05, 3.63) is 0 Å². The van der Waals surface area contributed by atoms with Crippen molar-refractivity contribution < 1.29 is 19.0 Å². The number of carbonyl (C=O) groups excluding carboxylic acids is 1. The molecule has 0 aromatic carbocycles. The second-order valence-corrected chi connectivity index (χ2v) is 3.76. The van der Waals surface area contributed by atoms with Gasteiger partial charge in [0.15, 0.2) is 6.10 Å². The molecule has 4 nitrogen and oxygen atoms in total. The van der Waals surface area contributed by atoms with Gasteiger partial charge >= 0.3 is 5.97 Å². The fraction of sp³-hybridized carbons (Fsp3) is 0.917. The van der Waals surface area contributed by atoms with E-state index in [0.717, 1.165) is 12.8 Å². The van der Waals surface area contributed by atoms with Gasteiger partial charge in [0.25, 0.3) is 0 Å². The van der Waals surface area contributed by atoms with Crippen LogP contribution in [0.4, 0.5) is 0 Å². The maximum Gasteiger partial charge on any atom is 0.337 e. The molecule has 1 atom stereocenters. The fourth-order valence-electron chi connectivity index (χ4n) is 1.36. The molecule has 0 rings (SSSR count). The zero-order chi connectivity index (χ0) is 12.2. The number of unbranched alkanes of at least 4 members (excludes halogenated alkanes) is 4. The summed E-state index contributed by atoms with van der Waals surface area (Å²) >= 11 is 0. The molecule has 0 unspecified atom stereocenters. The Labute approximate surface area is 98.3 Å². The average molecular weight is 232 g/mol. The molecule has 0 radical (unpaired) electrons. The molecule has 96 valence electrons. The third kappa shape index (κ3) is 7.65. The Balaban J connectivity index is 3.47. The molecule has 16 heavy (non-hydrogen) atoms. The van der Waals surface area contributed by atoms with E-state index in [1.807, 2.05) is 0 Å². The van der Waals surface area contributed by atoms with Gasteiger partial charge in [0.05, 0.1) is 13.2 Å². The summed E-state index contributed by atoms with van der Waals surface area (Å²) in [6.45, 7) is 2.89. The third-order valence-electron chi connectivity index (χ3n) is 2.36. The lowest BCUT2D eigenvalue weighted by molar-refractivity contribution is -0.158. The highest BCUT2D eigenvalue weighted by atomic mass is 16.6. The molecule has 0 bridgehead atoms. The molecule has 4 heteroatoms. The van der Waals surface area contributed by atoms with Crippen LogP contribution in [-0.2, 0) is 19.0 Å². The summed E-state index contributed by atoms with van der Waals surface area (Å²) in [5.74, 6) is -0.333. The third-order valence-corrected chi connectivity index (χ3v) is 2.36. The molecule has 0 saturated carbocycles. The van der Waals surface area contributed by atoms with E-state index < -0.39 is 6.10 Å². The lowest BCUT2D eigenvalue weighted by atomic mass is 10.2. The van der Waals surface area contributed by atoms with Crippen LogP contribution < -0.4 is 0 Å². The number of ether oxygens (including phenoxy) is 3. The summed E-state index contributed by atoms with van der Waals surface area (Å²) in [6, 6.07) is 0. The molecular weight excluding hydrogens is 208 g/mol. The average Bonchev–Trinajstić information content (AvgIpc) is 2.30. The summed E-state index contributed by atoms with van der Waals surface area (Å²) in [7, 11) is 3.01. The smallest absolute Gasteiger partial charge is 0.337 e. The first-order valence-electron chi connectivity index (χ1n) is 5.94. The van der Waals surface area contributed by atoms with E-state index in [4.69, 9.17) is 14.2 Å². The molecule has 0 aliphatic heterocycles. The van der Waals surface area contributed by atoms with Crippen molar-refractivity contribution in [1.29, 1.82) is 0 Å². The first kappa shape index (κ1) is 15.4. The minimum absolute atomic E-state index is 0.241. The zero-order valence-electron chi connectivity index (χ0n) is 10.7. The highest BCUT2D eigenvalue weighted by molar-refractivity contribution is 5.74. The molecule has 0 heterocycles. The monoisotopic (exact) mass is 232 g/mol. The highest BCUT2D eigenvalue weighted by Crippen LogP contribution is 2.03. The van der Waals surface area contributed by atoms with Crippen LogP contribution in [0.1, 0.15) is 39.0 Å². The summed E-state index contributed by atoms with van der Waals surface area (Å²) in [4.78, 5) is 11.4. The van der Waals surface area contributed by atoms with Crippen LogP contribution in [0.5, 0.6) is 0 Å². The van der Waals surface area contributed by atoms with Crippen molar-refractivity contribution in [2.24, 2.45) is 0 Å². The molecule has 0 aromatic heterocycles. The molecule has 0 N–H and O–H groups in total. The molecule has 0 fully saturated rings. The Morgan fingerprint density at radius 3 is 2.38 bits per heavy atom. The highest BCUT2D eigenvalue weighted by Gasteiger charge is 2.18. The van der Waals surface area contributed by atoms with E-state index in [-0.39, 0.29) is 12.6 Å². The van der Waals surface area contributed by atoms with Crippen LogP contribution in [0.3, 0.4) is 0 Å². The second kappa shape index (κ2) is 10.9. The number of hydrogen-bond acceptors (Lipinski definition) is 4. The van der Waals surface area contributed by atoms with Gasteiger partial charge < -0.3 is 14.2 Å². The summed E-state index contributed by atoms with van der Waals surface area (Å²) < 4.78 is 14.9. The van der Waals surface area contributed by atoms with Crippen molar-refractivity contribution in [1.82, 2.24) is 0 Å². The van der Waals surface area contributed by atoms with Gasteiger partial charge in [-0.2, -0.15) is 0 Å². The molecule has 0 amide bonds. The lowest BCUT2D eigenvalue weighted by Crippen LogP contribution is -2.30. The minimum atomic E-state index is -0.597. The van der Waals surface area contributed by atoms with Crippen LogP contribution >= 0.6 is 0 Å². The summed E-state index contributed by atoms with van der Waals surface area (Å²) in [6.07, 6.45) is 5.12. The Morgan fingerprint density at radius 1 is 1.12 bits per heavy atom. The number of rotatable bonds is 10. The molecule has 0 saturated heterocycles. The zero-order valence-corrected chi connectivity index (χ0v) is 10.7. The predicted molar refractivity (Wildman–Crippen MR) is 62.4 cm³/mol. The number of esters is 1. The van der Waals surface area contributed by atoms with Gasteiger partial charge in [-0.3, -0.25) is 0 Å². The Morgan fingerprint density at radius 2 is 1.81 bits per heavy atom. The van der Waals surface area contributed by atoms with Crippen LogP contribution in [0.2, 0.25) is 0 Å². The van der Waals surface area contributed by atoms with Gasteiger partial charge in [-0.05, 0) is 6.42 Å². The van der Waals surface area contributed by atoms with Crippen molar-refractivity contribution >= 4 is 5.97 Å². The number of carbonyl (C=O) groups is 1. The first-order chi connectivity index (χ1) is 7.76. The standard InChI is InChI=1S/C12H24O4/c1-4-5-6-7-8-9-16-12(13)11(15-3)10-14-2/h11H,4-10H2,1-3H3/t11-/m0/s1. The maximum absolute atomic E-state index is 11.4. The minimum Gasteiger partial charge on any atom is -0.464 e. The summed E-state index contributed by atoms with van der Waals surface area (Å²) in [5.41, 5.74) is 0. The van der Waals surface area contributed by atoms with Crippen LogP contribution in [0.25, 0.3) is 0 Å². The summed E-state index contributed by atoms with van der Waals surface area (Å²) in [5, 5.41) is 0. The molecule has 0 aliphatic carbocycles. The van der Waals surface area contributed by atoms with E-state index in [0.29, 0.717) is 6.61 Å². The van der Waals surface area contributed by atoms with E-state index in [1.54, 1.807) is 0 Å². The van der Waals surface area contributed by atoms with Gasteiger partial charge in [-0.1, -0.05) is 32.6 Å². The second-order valence-electron chi connectivity index (χ2n) is 3.76. The van der Waals surface area contributed by atoms with Crippen LogP contribution in [-0.4, -0.2) is 39.5 Å². The molecular formula is C12H24O4. The van der Waals surface area contributed by atoms with Crippen molar-refractivity contribution in [3.8, 4) is 0 Å². The van der Waals surface area contributed by atoms with Gasteiger partial charge in [0.2, 0.25) is 0 Å². The largest absolute Gasteiger partial charge is 0.464 e. The van der Waals surface area contributed by atoms with Crippen LogP contribution in [0.15, 0.2) is 0 Å². The van der Waals surface area contributed by atoms with E-state index >= 15 is 0 Å². The molecule has 0 spiro atoms. The van der Waals surface area contributed by atoms with E-state index in [2.05, 4.69) is 6.92 Å². The Kier molecular flexibility index (Phi) is 10.5. The fourth-order valence-corrected chi connectivity index (χ4v) is 1.36. The van der Waals surface area contributed by atoms with E-state index in [9.17, 15) is 4.79 Å². The van der Waals surface area contributed by atoms with Gasteiger partial charge in [0.1, 0.15) is 0 Å². The maximum atomic E-state index is 11.4.